The van der Waals surface area contributed by atoms with Crippen molar-refractivity contribution >= 4 is 5.97 Å². The Labute approximate surface area is 209 Å². The predicted octanol–water partition coefficient (Wildman–Crippen LogP) is 7.98. The van der Waals surface area contributed by atoms with E-state index in [0.29, 0.717) is 23.9 Å². The highest BCUT2D eigenvalue weighted by molar-refractivity contribution is 5.69. The van der Waals surface area contributed by atoms with E-state index in [2.05, 4.69) is 40.7 Å². The first kappa shape index (κ1) is 26.2. The van der Waals surface area contributed by atoms with Gasteiger partial charge in [-0.05, 0) is 97.7 Å². The molecule has 194 valence electrons. The zero-order chi connectivity index (χ0) is 24.5. The van der Waals surface area contributed by atoms with Crippen LogP contribution in [-0.2, 0) is 14.3 Å². The fraction of sp³-hybridized carbons (Fsp3) is 0.903. The smallest absolute Gasteiger partial charge is 0.307 e. The second kappa shape index (κ2) is 10.7. The SMILES string of the molecule is COC(=O)CCOC1CCC2(C)C(=CCC3C2CCC2(C)C(C(C)CCCC(C)C)CCC32)C1. The topological polar surface area (TPSA) is 35.5 Å². The molecule has 4 aliphatic rings. The van der Waals surface area contributed by atoms with Crippen LogP contribution in [0.25, 0.3) is 0 Å². The average Bonchev–Trinajstić information content (AvgIpc) is 3.16. The molecule has 4 rings (SSSR count). The van der Waals surface area contributed by atoms with E-state index in [0.717, 1.165) is 48.3 Å². The van der Waals surface area contributed by atoms with Crippen LogP contribution in [0.4, 0.5) is 0 Å². The van der Waals surface area contributed by atoms with Crippen LogP contribution in [-0.4, -0.2) is 25.8 Å². The van der Waals surface area contributed by atoms with Crippen molar-refractivity contribution in [1.29, 1.82) is 0 Å². The Morgan fingerprint density at radius 2 is 1.85 bits per heavy atom. The largest absolute Gasteiger partial charge is 0.469 e. The van der Waals surface area contributed by atoms with Crippen molar-refractivity contribution in [2.45, 2.75) is 118 Å². The lowest BCUT2D eigenvalue weighted by Gasteiger charge is -2.58. The minimum Gasteiger partial charge on any atom is -0.469 e. The van der Waals surface area contributed by atoms with E-state index in [1.54, 1.807) is 5.57 Å². The highest BCUT2D eigenvalue weighted by Gasteiger charge is 2.59. The third kappa shape index (κ3) is 5.02. The van der Waals surface area contributed by atoms with Gasteiger partial charge in [0.2, 0.25) is 0 Å². The number of ether oxygens (including phenoxy) is 2. The fourth-order valence-corrected chi connectivity index (χ4v) is 9.21. The Morgan fingerprint density at radius 1 is 1.06 bits per heavy atom. The summed E-state index contributed by atoms with van der Waals surface area (Å²) in [6.45, 7) is 13.1. The van der Waals surface area contributed by atoms with Crippen molar-refractivity contribution in [2.24, 2.45) is 46.3 Å². The second-order valence-electron chi connectivity index (χ2n) is 13.4. The van der Waals surface area contributed by atoms with Gasteiger partial charge in [-0.25, -0.2) is 0 Å². The molecule has 34 heavy (non-hydrogen) atoms. The van der Waals surface area contributed by atoms with E-state index < -0.39 is 0 Å². The standard InChI is InChI=1S/C31H52O3/c1-21(2)8-7-9-22(3)26-12-13-27-25-11-10-23-20-24(34-19-16-29(32)33-6)14-17-30(23,4)28(25)15-18-31(26,27)5/h10,21-22,24-28H,7-9,11-20H2,1-6H3. The molecule has 0 radical (unpaired) electrons. The highest BCUT2D eigenvalue weighted by atomic mass is 16.5. The fourth-order valence-electron chi connectivity index (χ4n) is 9.21. The molecule has 0 amide bonds. The number of carbonyl (C=O) groups excluding carboxylic acids is 1. The van der Waals surface area contributed by atoms with Gasteiger partial charge in [-0.3, -0.25) is 4.79 Å². The second-order valence-corrected chi connectivity index (χ2v) is 13.4. The van der Waals surface area contributed by atoms with Gasteiger partial charge in [0.25, 0.3) is 0 Å². The van der Waals surface area contributed by atoms with Crippen LogP contribution in [0.2, 0.25) is 0 Å². The molecule has 3 fully saturated rings. The van der Waals surface area contributed by atoms with E-state index in [1.807, 2.05) is 0 Å². The average molecular weight is 473 g/mol. The maximum absolute atomic E-state index is 11.4. The molecule has 0 aromatic carbocycles. The van der Waals surface area contributed by atoms with E-state index in [9.17, 15) is 4.79 Å². The summed E-state index contributed by atoms with van der Waals surface area (Å²) in [4.78, 5) is 11.4. The highest BCUT2D eigenvalue weighted by Crippen LogP contribution is 2.67. The van der Waals surface area contributed by atoms with Crippen molar-refractivity contribution in [3.05, 3.63) is 11.6 Å². The van der Waals surface area contributed by atoms with E-state index in [4.69, 9.17) is 9.47 Å². The van der Waals surface area contributed by atoms with Gasteiger partial charge in [-0.1, -0.05) is 65.5 Å². The number of methoxy groups -OCH3 is 1. The van der Waals surface area contributed by atoms with Crippen molar-refractivity contribution < 1.29 is 14.3 Å². The zero-order valence-corrected chi connectivity index (χ0v) is 23.0. The third-order valence-electron chi connectivity index (χ3n) is 11.1. The molecule has 0 saturated heterocycles. The normalized spacial score (nSPS) is 40.2. The molecular formula is C31H52O3. The van der Waals surface area contributed by atoms with Crippen molar-refractivity contribution in [2.75, 3.05) is 13.7 Å². The van der Waals surface area contributed by atoms with Crippen molar-refractivity contribution in [1.82, 2.24) is 0 Å². The third-order valence-corrected chi connectivity index (χ3v) is 11.1. The number of allylic oxidation sites excluding steroid dienone is 1. The minimum atomic E-state index is -0.172. The summed E-state index contributed by atoms with van der Waals surface area (Å²) in [5.41, 5.74) is 2.60. The van der Waals surface area contributed by atoms with Gasteiger partial charge < -0.3 is 9.47 Å². The molecule has 3 saturated carbocycles. The summed E-state index contributed by atoms with van der Waals surface area (Å²) in [6.07, 6.45) is 18.1. The summed E-state index contributed by atoms with van der Waals surface area (Å²) in [6, 6.07) is 0. The first-order valence-corrected chi connectivity index (χ1v) is 14.6. The zero-order valence-electron chi connectivity index (χ0n) is 23.0. The van der Waals surface area contributed by atoms with Crippen molar-refractivity contribution in [3.63, 3.8) is 0 Å². The Balaban J connectivity index is 1.39. The van der Waals surface area contributed by atoms with Gasteiger partial charge in [-0.2, -0.15) is 0 Å². The van der Waals surface area contributed by atoms with Gasteiger partial charge in [-0.15, -0.1) is 0 Å². The maximum atomic E-state index is 11.4. The molecule has 0 bridgehead atoms. The van der Waals surface area contributed by atoms with Crippen LogP contribution in [0, 0.1) is 46.3 Å². The molecule has 0 N–H and O–H groups in total. The number of hydrogen-bond acceptors (Lipinski definition) is 3. The quantitative estimate of drug-likeness (QED) is 0.252. The molecule has 8 unspecified atom stereocenters. The Hall–Kier alpha value is -0.830. The van der Waals surface area contributed by atoms with Crippen LogP contribution in [0.15, 0.2) is 11.6 Å². The van der Waals surface area contributed by atoms with Gasteiger partial charge in [0.1, 0.15) is 0 Å². The predicted molar refractivity (Wildman–Crippen MR) is 139 cm³/mol. The van der Waals surface area contributed by atoms with Gasteiger partial charge in [0, 0.05) is 0 Å². The summed E-state index contributed by atoms with van der Waals surface area (Å²) in [7, 11) is 1.45. The Kier molecular flexibility index (Phi) is 8.22. The van der Waals surface area contributed by atoms with Crippen molar-refractivity contribution in [3.8, 4) is 0 Å². The first-order chi connectivity index (χ1) is 16.2. The number of hydrogen-bond donors (Lipinski definition) is 0. The van der Waals surface area contributed by atoms with Gasteiger partial charge in [0.05, 0.1) is 26.2 Å². The minimum absolute atomic E-state index is 0.172. The summed E-state index contributed by atoms with van der Waals surface area (Å²) < 4.78 is 10.9. The van der Waals surface area contributed by atoms with Crippen LogP contribution in [0.5, 0.6) is 0 Å². The lowest BCUT2D eigenvalue weighted by Crippen LogP contribution is -2.51. The summed E-state index contributed by atoms with van der Waals surface area (Å²) in [5.74, 6) is 5.15. The molecular weight excluding hydrogens is 420 g/mol. The molecule has 0 aromatic rings. The number of esters is 1. The number of carbonyl (C=O) groups is 1. The van der Waals surface area contributed by atoms with E-state index in [-0.39, 0.29) is 12.1 Å². The van der Waals surface area contributed by atoms with E-state index in [1.165, 1.54) is 64.9 Å². The Morgan fingerprint density at radius 3 is 2.59 bits per heavy atom. The van der Waals surface area contributed by atoms with Crippen LogP contribution in [0.1, 0.15) is 112 Å². The molecule has 0 aromatic heterocycles. The van der Waals surface area contributed by atoms with E-state index >= 15 is 0 Å². The summed E-state index contributed by atoms with van der Waals surface area (Å²) in [5, 5.41) is 0. The summed E-state index contributed by atoms with van der Waals surface area (Å²) >= 11 is 0. The molecule has 0 spiro atoms. The lowest BCUT2D eigenvalue weighted by atomic mass is 9.47. The van der Waals surface area contributed by atoms with Crippen LogP contribution < -0.4 is 0 Å². The number of fused-ring (bicyclic) bond motifs is 5. The van der Waals surface area contributed by atoms with Crippen LogP contribution in [0.3, 0.4) is 0 Å². The molecule has 4 aliphatic carbocycles. The molecule has 8 atom stereocenters. The monoisotopic (exact) mass is 472 g/mol. The van der Waals surface area contributed by atoms with Gasteiger partial charge >= 0.3 is 5.97 Å². The molecule has 0 aliphatic heterocycles. The first-order valence-electron chi connectivity index (χ1n) is 14.6. The maximum Gasteiger partial charge on any atom is 0.307 e. The number of rotatable bonds is 9. The lowest BCUT2D eigenvalue weighted by molar-refractivity contribution is -0.142. The molecule has 3 heteroatoms. The molecule has 3 nitrogen and oxygen atoms in total. The van der Waals surface area contributed by atoms with Gasteiger partial charge in [0.15, 0.2) is 0 Å². The molecule has 0 heterocycles. The van der Waals surface area contributed by atoms with Crippen LogP contribution >= 0.6 is 0 Å². The Bertz CT molecular complexity index is 741.